The van der Waals surface area contributed by atoms with E-state index in [1.165, 1.54) is 12.8 Å². The van der Waals surface area contributed by atoms with Gasteiger partial charge < -0.3 is 15.8 Å². The molecule has 0 saturated heterocycles. The van der Waals surface area contributed by atoms with Crippen LogP contribution in [-0.4, -0.2) is 32.2 Å². The van der Waals surface area contributed by atoms with Gasteiger partial charge in [-0.2, -0.15) is 0 Å². The maximum absolute atomic E-state index is 11.2. The first-order valence-corrected chi connectivity index (χ1v) is 5.29. The topological polar surface area (TPSA) is 64.4 Å². The number of carbonyl (C=O) groups excluding carboxylic acids is 1. The van der Waals surface area contributed by atoms with Crippen LogP contribution in [0.3, 0.4) is 0 Å². The van der Waals surface area contributed by atoms with E-state index in [9.17, 15) is 4.79 Å². The number of ether oxygens (including phenoxy) is 1. The standard InChI is InChI=1S/C10H20N2O2.ClH/c1-8(6-11)10(13)12-4-5-14-7-9-2-3-9;/h8-9H,2-7,11H2,1H3,(H,12,13);1H. The summed E-state index contributed by atoms with van der Waals surface area (Å²) in [6.45, 7) is 4.27. The molecular formula is C10H21ClN2O2. The Hall–Kier alpha value is -0.320. The molecule has 90 valence electrons. The van der Waals surface area contributed by atoms with Gasteiger partial charge in [0.15, 0.2) is 0 Å². The molecule has 5 heteroatoms. The van der Waals surface area contributed by atoms with Crippen molar-refractivity contribution in [3.63, 3.8) is 0 Å². The molecule has 4 nitrogen and oxygen atoms in total. The van der Waals surface area contributed by atoms with Gasteiger partial charge in [-0.15, -0.1) is 12.4 Å². The minimum Gasteiger partial charge on any atom is -0.379 e. The van der Waals surface area contributed by atoms with E-state index in [1.807, 2.05) is 6.92 Å². The van der Waals surface area contributed by atoms with Gasteiger partial charge in [-0.1, -0.05) is 6.92 Å². The highest BCUT2D eigenvalue weighted by atomic mass is 35.5. The van der Waals surface area contributed by atoms with Crippen LogP contribution in [0.4, 0.5) is 0 Å². The molecule has 1 unspecified atom stereocenters. The fraction of sp³-hybridized carbons (Fsp3) is 0.900. The molecule has 1 saturated carbocycles. The maximum Gasteiger partial charge on any atom is 0.224 e. The summed E-state index contributed by atoms with van der Waals surface area (Å²) in [5, 5.41) is 2.78. The number of amides is 1. The van der Waals surface area contributed by atoms with Crippen LogP contribution in [0.25, 0.3) is 0 Å². The molecule has 0 spiro atoms. The lowest BCUT2D eigenvalue weighted by atomic mass is 10.2. The quantitative estimate of drug-likeness (QED) is 0.635. The summed E-state index contributed by atoms with van der Waals surface area (Å²) in [5.74, 6) is 0.703. The molecule has 3 N–H and O–H groups in total. The summed E-state index contributed by atoms with van der Waals surface area (Å²) in [4.78, 5) is 11.2. The van der Waals surface area contributed by atoms with E-state index in [-0.39, 0.29) is 24.2 Å². The van der Waals surface area contributed by atoms with Gasteiger partial charge in [-0.3, -0.25) is 4.79 Å². The second-order valence-electron chi connectivity index (χ2n) is 3.95. The molecule has 0 radical (unpaired) electrons. The van der Waals surface area contributed by atoms with E-state index in [0.717, 1.165) is 12.5 Å². The van der Waals surface area contributed by atoms with Crippen molar-refractivity contribution < 1.29 is 9.53 Å². The molecule has 0 aliphatic heterocycles. The average molecular weight is 237 g/mol. The second kappa shape index (κ2) is 7.91. The summed E-state index contributed by atoms with van der Waals surface area (Å²) in [7, 11) is 0. The van der Waals surface area contributed by atoms with Crippen molar-refractivity contribution in [1.29, 1.82) is 0 Å². The summed E-state index contributed by atoms with van der Waals surface area (Å²) in [5.41, 5.74) is 5.36. The SMILES string of the molecule is CC(CN)C(=O)NCCOCC1CC1.Cl. The van der Waals surface area contributed by atoms with Crippen molar-refractivity contribution in [1.82, 2.24) is 5.32 Å². The normalized spacial score (nSPS) is 16.7. The number of rotatable bonds is 7. The highest BCUT2D eigenvalue weighted by molar-refractivity contribution is 5.85. The molecule has 0 heterocycles. The second-order valence-corrected chi connectivity index (χ2v) is 3.95. The van der Waals surface area contributed by atoms with Crippen molar-refractivity contribution in [2.45, 2.75) is 19.8 Å². The van der Waals surface area contributed by atoms with Gasteiger partial charge in [0.1, 0.15) is 0 Å². The van der Waals surface area contributed by atoms with Crippen LogP contribution in [0.15, 0.2) is 0 Å². The summed E-state index contributed by atoms with van der Waals surface area (Å²) < 4.78 is 5.38. The molecule has 0 aromatic carbocycles. The smallest absolute Gasteiger partial charge is 0.224 e. The Morgan fingerprint density at radius 1 is 1.60 bits per heavy atom. The van der Waals surface area contributed by atoms with E-state index >= 15 is 0 Å². The summed E-state index contributed by atoms with van der Waals surface area (Å²) >= 11 is 0. The van der Waals surface area contributed by atoms with Crippen molar-refractivity contribution in [3.8, 4) is 0 Å². The first-order valence-electron chi connectivity index (χ1n) is 5.29. The molecule has 1 aliphatic rings. The highest BCUT2D eigenvalue weighted by Crippen LogP contribution is 2.28. The average Bonchev–Trinajstić information content (AvgIpc) is 2.99. The highest BCUT2D eigenvalue weighted by Gasteiger charge is 2.20. The number of nitrogens with one attached hydrogen (secondary N) is 1. The molecule has 1 atom stereocenters. The first kappa shape index (κ1) is 14.7. The van der Waals surface area contributed by atoms with Crippen LogP contribution in [-0.2, 0) is 9.53 Å². The van der Waals surface area contributed by atoms with Gasteiger partial charge in [-0.05, 0) is 18.8 Å². The van der Waals surface area contributed by atoms with Crippen molar-refractivity contribution in [3.05, 3.63) is 0 Å². The Labute approximate surface area is 97.3 Å². The van der Waals surface area contributed by atoms with Crippen LogP contribution >= 0.6 is 12.4 Å². The van der Waals surface area contributed by atoms with Crippen molar-refractivity contribution in [2.24, 2.45) is 17.6 Å². The predicted molar refractivity (Wildman–Crippen MR) is 62.0 cm³/mol. The van der Waals surface area contributed by atoms with Crippen LogP contribution in [0.2, 0.25) is 0 Å². The molecule has 1 rings (SSSR count). The zero-order chi connectivity index (χ0) is 10.4. The zero-order valence-corrected chi connectivity index (χ0v) is 10.0. The van der Waals surface area contributed by atoms with Crippen LogP contribution in [0.5, 0.6) is 0 Å². The Morgan fingerprint density at radius 3 is 2.80 bits per heavy atom. The third-order valence-corrected chi connectivity index (χ3v) is 2.40. The predicted octanol–water partition coefficient (Wildman–Crippen LogP) is 0.546. The molecule has 0 bridgehead atoms. The summed E-state index contributed by atoms with van der Waals surface area (Å²) in [6.07, 6.45) is 2.60. The summed E-state index contributed by atoms with van der Waals surface area (Å²) in [6, 6.07) is 0. The Balaban J connectivity index is 0.00000196. The minimum absolute atomic E-state index is 0. The van der Waals surface area contributed by atoms with Crippen LogP contribution in [0, 0.1) is 11.8 Å². The zero-order valence-electron chi connectivity index (χ0n) is 9.20. The lowest BCUT2D eigenvalue weighted by molar-refractivity contribution is -0.124. The van der Waals surface area contributed by atoms with E-state index in [2.05, 4.69) is 5.32 Å². The molecule has 1 aliphatic carbocycles. The van der Waals surface area contributed by atoms with Crippen LogP contribution in [0.1, 0.15) is 19.8 Å². The van der Waals surface area contributed by atoms with Crippen molar-refractivity contribution in [2.75, 3.05) is 26.3 Å². The van der Waals surface area contributed by atoms with Gasteiger partial charge in [0.2, 0.25) is 5.91 Å². The maximum atomic E-state index is 11.2. The van der Waals surface area contributed by atoms with Gasteiger partial charge in [-0.25, -0.2) is 0 Å². The number of hydrogen-bond donors (Lipinski definition) is 2. The van der Waals surface area contributed by atoms with Gasteiger partial charge in [0.05, 0.1) is 6.61 Å². The lowest BCUT2D eigenvalue weighted by Crippen LogP contribution is -2.35. The fourth-order valence-corrected chi connectivity index (χ4v) is 1.06. The molecule has 1 fully saturated rings. The Kier molecular flexibility index (Phi) is 7.74. The third-order valence-electron chi connectivity index (χ3n) is 2.40. The number of halogens is 1. The lowest BCUT2D eigenvalue weighted by Gasteiger charge is -2.09. The van der Waals surface area contributed by atoms with E-state index < -0.39 is 0 Å². The molecule has 0 aromatic heterocycles. The monoisotopic (exact) mass is 236 g/mol. The van der Waals surface area contributed by atoms with Gasteiger partial charge >= 0.3 is 0 Å². The third kappa shape index (κ3) is 6.71. The number of hydrogen-bond acceptors (Lipinski definition) is 3. The molecular weight excluding hydrogens is 216 g/mol. The molecule has 0 aromatic rings. The largest absolute Gasteiger partial charge is 0.379 e. The fourth-order valence-electron chi connectivity index (χ4n) is 1.06. The van der Waals surface area contributed by atoms with E-state index in [1.54, 1.807) is 0 Å². The van der Waals surface area contributed by atoms with Gasteiger partial charge in [0.25, 0.3) is 0 Å². The minimum atomic E-state index is -0.0987. The van der Waals surface area contributed by atoms with Crippen molar-refractivity contribution >= 4 is 18.3 Å². The Bertz CT molecular complexity index is 186. The van der Waals surface area contributed by atoms with Gasteiger partial charge in [0, 0.05) is 25.6 Å². The van der Waals surface area contributed by atoms with E-state index in [4.69, 9.17) is 10.5 Å². The molecule has 15 heavy (non-hydrogen) atoms. The van der Waals surface area contributed by atoms with Crippen LogP contribution < -0.4 is 11.1 Å². The molecule has 1 amide bonds. The number of nitrogens with two attached hydrogens (primary N) is 1. The van der Waals surface area contributed by atoms with E-state index in [0.29, 0.717) is 19.7 Å². The first-order chi connectivity index (χ1) is 6.74. The Morgan fingerprint density at radius 2 is 2.27 bits per heavy atom. The number of carbonyl (C=O) groups is 1.